The molecular weight excluding hydrogens is 212 g/mol. The number of hydrogen-bond acceptors (Lipinski definition) is 4. The Kier molecular flexibility index (Phi) is 3.68. The van der Waals surface area contributed by atoms with Gasteiger partial charge in [-0.05, 0) is 12.8 Å². The molecule has 0 radical (unpaired) electrons. The molecule has 5 heteroatoms. The zero-order chi connectivity index (χ0) is 11.6. The SMILES string of the molecule is CC(C)c1cnc(N(C)C(C)C(=O)O)s1. The van der Waals surface area contributed by atoms with Gasteiger partial charge in [-0.3, -0.25) is 0 Å². The molecule has 0 aromatic carbocycles. The molecule has 1 heterocycles. The minimum Gasteiger partial charge on any atom is -0.480 e. The number of carbonyl (C=O) groups is 1. The molecule has 1 aromatic heterocycles. The highest BCUT2D eigenvalue weighted by atomic mass is 32.1. The van der Waals surface area contributed by atoms with Crippen molar-refractivity contribution >= 4 is 22.4 Å². The summed E-state index contributed by atoms with van der Waals surface area (Å²) in [6.07, 6.45) is 1.82. The van der Waals surface area contributed by atoms with Crippen LogP contribution in [-0.4, -0.2) is 29.1 Å². The fourth-order valence-corrected chi connectivity index (χ4v) is 2.00. The zero-order valence-corrected chi connectivity index (χ0v) is 10.2. The average molecular weight is 228 g/mol. The zero-order valence-electron chi connectivity index (χ0n) is 9.39. The predicted octanol–water partition coefficient (Wildman–Crippen LogP) is 2.18. The van der Waals surface area contributed by atoms with Crippen molar-refractivity contribution < 1.29 is 9.90 Å². The third-order valence-electron chi connectivity index (χ3n) is 2.32. The van der Waals surface area contributed by atoms with Gasteiger partial charge in [-0.25, -0.2) is 9.78 Å². The number of rotatable bonds is 4. The van der Waals surface area contributed by atoms with Gasteiger partial charge in [0, 0.05) is 18.1 Å². The molecule has 0 saturated heterocycles. The summed E-state index contributed by atoms with van der Waals surface area (Å²) in [7, 11) is 1.75. The smallest absolute Gasteiger partial charge is 0.326 e. The van der Waals surface area contributed by atoms with Crippen LogP contribution in [0.5, 0.6) is 0 Å². The Labute approximate surface area is 93.6 Å². The molecule has 15 heavy (non-hydrogen) atoms. The van der Waals surface area contributed by atoms with E-state index < -0.39 is 12.0 Å². The third-order valence-corrected chi connectivity index (χ3v) is 3.71. The van der Waals surface area contributed by atoms with Gasteiger partial charge in [0.25, 0.3) is 0 Å². The molecule has 1 aromatic rings. The lowest BCUT2D eigenvalue weighted by Gasteiger charge is -2.20. The van der Waals surface area contributed by atoms with Crippen LogP contribution in [0.1, 0.15) is 31.6 Å². The predicted molar refractivity (Wildman–Crippen MR) is 61.7 cm³/mol. The molecule has 0 saturated carbocycles. The van der Waals surface area contributed by atoms with Gasteiger partial charge in [-0.2, -0.15) is 0 Å². The lowest BCUT2D eigenvalue weighted by Crippen LogP contribution is -2.35. The van der Waals surface area contributed by atoms with Crippen molar-refractivity contribution in [1.29, 1.82) is 0 Å². The van der Waals surface area contributed by atoms with Crippen LogP contribution < -0.4 is 4.90 Å². The van der Waals surface area contributed by atoms with Gasteiger partial charge >= 0.3 is 5.97 Å². The van der Waals surface area contributed by atoms with E-state index in [1.165, 1.54) is 4.88 Å². The molecule has 84 valence electrons. The van der Waals surface area contributed by atoms with Crippen LogP contribution in [-0.2, 0) is 4.79 Å². The van der Waals surface area contributed by atoms with Crippen molar-refractivity contribution in [3.63, 3.8) is 0 Å². The van der Waals surface area contributed by atoms with Gasteiger partial charge in [0.05, 0.1) is 0 Å². The number of aliphatic carboxylic acids is 1. The summed E-state index contributed by atoms with van der Waals surface area (Å²) >= 11 is 1.55. The van der Waals surface area contributed by atoms with Gasteiger partial charge < -0.3 is 10.0 Å². The van der Waals surface area contributed by atoms with Crippen LogP contribution in [0.25, 0.3) is 0 Å². The van der Waals surface area contributed by atoms with Crippen LogP contribution in [0.4, 0.5) is 5.13 Å². The molecule has 1 atom stereocenters. The summed E-state index contributed by atoms with van der Waals surface area (Å²) in [6.45, 7) is 5.84. The Hall–Kier alpha value is -1.10. The third kappa shape index (κ3) is 2.68. The summed E-state index contributed by atoms with van der Waals surface area (Å²) in [6, 6.07) is -0.545. The van der Waals surface area contributed by atoms with Crippen LogP contribution >= 0.6 is 11.3 Å². The van der Waals surface area contributed by atoms with Gasteiger partial charge in [-0.1, -0.05) is 13.8 Å². The first kappa shape index (κ1) is 12.0. The summed E-state index contributed by atoms with van der Waals surface area (Å²) < 4.78 is 0. The second-order valence-electron chi connectivity index (χ2n) is 3.83. The van der Waals surface area contributed by atoms with E-state index in [9.17, 15) is 4.79 Å². The fraction of sp³-hybridized carbons (Fsp3) is 0.600. The van der Waals surface area contributed by atoms with Crippen LogP contribution in [0.2, 0.25) is 0 Å². The van der Waals surface area contributed by atoms with E-state index in [-0.39, 0.29) is 0 Å². The van der Waals surface area contributed by atoms with E-state index in [4.69, 9.17) is 5.11 Å². The summed E-state index contributed by atoms with van der Waals surface area (Å²) in [5.74, 6) is -0.399. The fourth-order valence-electron chi connectivity index (χ4n) is 1.04. The van der Waals surface area contributed by atoms with E-state index >= 15 is 0 Å². The molecule has 0 bridgehead atoms. The number of carboxylic acid groups (broad SMARTS) is 1. The van der Waals surface area contributed by atoms with Gasteiger partial charge in [0.1, 0.15) is 6.04 Å². The first-order valence-electron chi connectivity index (χ1n) is 4.84. The molecule has 1 N–H and O–H groups in total. The molecule has 1 unspecified atom stereocenters. The highest BCUT2D eigenvalue weighted by Gasteiger charge is 2.19. The van der Waals surface area contributed by atoms with Crippen molar-refractivity contribution in [2.24, 2.45) is 0 Å². The number of hydrogen-bond donors (Lipinski definition) is 1. The second-order valence-corrected chi connectivity index (χ2v) is 4.87. The highest BCUT2D eigenvalue weighted by molar-refractivity contribution is 7.15. The minimum atomic E-state index is -0.834. The van der Waals surface area contributed by atoms with Crippen molar-refractivity contribution in [2.45, 2.75) is 32.7 Å². The van der Waals surface area contributed by atoms with E-state index in [1.54, 1.807) is 30.2 Å². The Morgan fingerprint density at radius 3 is 2.53 bits per heavy atom. The Bertz CT molecular complexity index is 349. The van der Waals surface area contributed by atoms with Crippen LogP contribution in [0, 0.1) is 0 Å². The quantitative estimate of drug-likeness (QED) is 0.858. The standard InChI is InChI=1S/C10H16N2O2S/c1-6(2)8-5-11-10(15-8)12(4)7(3)9(13)14/h5-7H,1-4H3,(H,13,14). The largest absolute Gasteiger partial charge is 0.480 e. The number of anilines is 1. The Morgan fingerprint density at radius 1 is 1.53 bits per heavy atom. The molecular formula is C10H16N2O2S. The van der Waals surface area contributed by atoms with E-state index in [0.717, 1.165) is 5.13 Å². The summed E-state index contributed by atoms with van der Waals surface area (Å²) in [4.78, 5) is 17.9. The number of thiazole rings is 1. The van der Waals surface area contributed by atoms with Crippen molar-refractivity contribution in [2.75, 3.05) is 11.9 Å². The second kappa shape index (κ2) is 4.61. The molecule has 1 rings (SSSR count). The van der Waals surface area contributed by atoms with Crippen molar-refractivity contribution in [3.8, 4) is 0 Å². The number of likely N-dealkylation sites (N-methyl/N-ethyl adjacent to an activating group) is 1. The maximum absolute atomic E-state index is 10.8. The van der Waals surface area contributed by atoms with E-state index in [0.29, 0.717) is 5.92 Å². The Morgan fingerprint density at radius 2 is 2.13 bits per heavy atom. The van der Waals surface area contributed by atoms with E-state index in [1.807, 2.05) is 6.20 Å². The molecule has 0 fully saturated rings. The Balaban J connectivity index is 2.82. The number of aromatic nitrogens is 1. The summed E-state index contributed by atoms with van der Waals surface area (Å²) in [5, 5.41) is 9.62. The molecule has 0 spiro atoms. The van der Waals surface area contributed by atoms with Gasteiger partial charge in [0.15, 0.2) is 5.13 Å². The first-order chi connectivity index (χ1) is 6.93. The molecule has 0 aliphatic rings. The van der Waals surface area contributed by atoms with E-state index in [2.05, 4.69) is 18.8 Å². The highest BCUT2D eigenvalue weighted by Crippen LogP contribution is 2.28. The minimum absolute atomic E-state index is 0.435. The molecule has 0 aliphatic carbocycles. The van der Waals surface area contributed by atoms with Crippen LogP contribution in [0.15, 0.2) is 6.20 Å². The lowest BCUT2D eigenvalue weighted by atomic mass is 10.2. The first-order valence-corrected chi connectivity index (χ1v) is 5.66. The number of carboxylic acids is 1. The average Bonchev–Trinajstić information content (AvgIpc) is 2.64. The number of nitrogens with zero attached hydrogens (tertiary/aromatic N) is 2. The van der Waals surface area contributed by atoms with Gasteiger partial charge in [0.2, 0.25) is 0 Å². The lowest BCUT2D eigenvalue weighted by molar-refractivity contribution is -0.138. The monoisotopic (exact) mass is 228 g/mol. The molecule has 0 amide bonds. The molecule has 0 aliphatic heterocycles. The normalized spacial score (nSPS) is 12.9. The van der Waals surface area contributed by atoms with Crippen molar-refractivity contribution in [1.82, 2.24) is 4.98 Å². The van der Waals surface area contributed by atoms with Crippen LogP contribution in [0.3, 0.4) is 0 Å². The maximum atomic E-state index is 10.8. The molecule has 4 nitrogen and oxygen atoms in total. The van der Waals surface area contributed by atoms with Crippen molar-refractivity contribution in [3.05, 3.63) is 11.1 Å². The summed E-state index contributed by atoms with van der Waals surface area (Å²) in [5.41, 5.74) is 0. The topological polar surface area (TPSA) is 53.4 Å². The maximum Gasteiger partial charge on any atom is 0.326 e. The van der Waals surface area contributed by atoms with Gasteiger partial charge in [-0.15, -0.1) is 11.3 Å².